The first-order chi connectivity index (χ1) is 11.9. The van der Waals surface area contributed by atoms with Gasteiger partial charge in [-0.1, -0.05) is 48.5 Å². The van der Waals surface area contributed by atoms with Gasteiger partial charge in [0.1, 0.15) is 4.75 Å². The lowest BCUT2D eigenvalue weighted by atomic mass is 9.93. The third-order valence-electron chi connectivity index (χ3n) is 5.23. The summed E-state index contributed by atoms with van der Waals surface area (Å²) in [7, 11) is 0.369. The summed E-state index contributed by atoms with van der Waals surface area (Å²) >= 11 is 0. The second-order valence-corrected chi connectivity index (χ2v) is 9.45. The number of para-hydroxylation sites is 1. The van der Waals surface area contributed by atoms with Gasteiger partial charge in [0, 0.05) is 13.6 Å². The Hall–Kier alpha value is -1.85. The minimum atomic E-state index is -3.37. The zero-order chi connectivity index (χ0) is 18.1. The molecule has 1 aliphatic heterocycles. The maximum Gasteiger partial charge on any atom is 0.244 e. The van der Waals surface area contributed by atoms with Crippen LogP contribution in [0.5, 0.6) is 0 Å². The number of sulfonamides is 1. The lowest BCUT2D eigenvalue weighted by molar-refractivity contribution is 0.311. The van der Waals surface area contributed by atoms with Crippen molar-refractivity contribution in [2.24, 2.45) is 0 Å². The van der Waals surface area contributed by atoms with E-state index in [2.05, 4.69) is 24.1 Å². The predicted octanol–water partition coefficient (Wildman–Crippen LogP) is 3.59. The topological polar surface area (TPSA) is 40.6 Å². The molecule has 0 saturated heterocycles. The van der Waals surface area contributed by atoms with E-state index in [0.717, 1.165) is 30.8 Å². The van der Waals surface area contributed by atoms with Crippen molar-refractivity contribution < 1.29 is 8.42 Å². The van der Waals surface area contributed by atoms with Gasteiger partial charge >= 0.3 is 0 Å². The monoisotopic (exact) mass is 358 g/mol. The molecule has 4 nitrogen and oxygen atoms in total. The van der Waals surface area contributed by atoms with Crippen LogP contribution in [-0.4, -0.2) is 34.0 Å². The van der Waals surface area contributed by atoms with Gasteiger partial charge in [0.25, 0.3) is 0 Å². The summed E-state index contributed by atoms with van der Waals surface area (Å²) in [6.07, 6.45) is 1.46. The summed E-state index contributed by atoms with van der Waals surface area (Å²) in [5, 5.41) is 0. The number of hydrogen-bond donors (Lipinski definition) is 0. The fraction of sp³-hybridized carbons (Fsp3) is 0.400. The third kappa shape index (κ3) is 3.18. The second kappa shape index (κ2) is 6.81. The van der Waals surface area contributed by atoms with Crippen LogP contribution in [0.25, 0.3) is 0 Å². The second-order valence-electron chi connectivity index (χ2n) is 7.05. The fourth-order valence-corrected chi connectivity index (χ4v) is 5.57. The molecule has 0 saturated carbocycles. The number of benzene rings is 2. The molecule has 0 fully saturated rings. The highest BCUT2D eigenvalue weighted by Crippen LogP contribution is 2.48. The number of fused-ring (bicyclic) bond motifs is 1. The van der Waals surface area contributed by atoms with Crippen LogP contribution in [0, 0.1) is 0 Å². The Labute approximate surface area is 151 Å². The Kier molecular flexibility index (Phi) is 4.89. The highest BCUT2D eigenvalue weighted by Gasteiger charge is 2.50. The zero-order valence-corrected chi connectivity index (χ0v) is 16.0. The molecule has 1 atom stereocenters. The number of hydrogen-bond acceptors (Lipinski definition) is 3. The molecule has 1 unspecified atom stereocenters. The molecule has 3 rings (SSSR count). The fourth-order valence-electron chi connectivity index (χ4n) is 3.69. The Morgan fingerprint density at radius 1 is 1.04 bits per heavy atom. The van der Waals surface area contributed by atoms with E-state index in [1.807, 2.05) is 49.4 Å². The van der Waals surface area contributed by atoms with Crippen molar-refractivity contribution in [1.29, 1.82) is 0 Å². The summed E-state index contributed by atoms with van der Waals surface area (Å²) in [6, 6.07) is 18.0. The minimum absolute atomic E-state index is 0.621. The molecule has 1 aliphatic rings. The highest BCUT2D eigenvalue weighted by molar-refractivity contribution is 7.94. The Morgan fingerprint density at radius 3 is 2.40 bits per heavy atom. The largest absolute Gasteiger partial charge is 0.302 e. The van der Waals surface area contributed by atoms with Crippen LogP contribution in [0.15, 0.2) is 54.6 Å². The van der Waals surface area contributed by atoms with Crippen LogP contribution in [0.4, 0.5) is 5.69 Å². The third-order valence-corrected chi connectivity index (χ3v) is 7.71. The molecule has 25 heavy (non-hydrogen) atoms. The Morgan fingerprint density at radius 2 is 1.68 bits per heavy atom. The van der Waals surface area contributed by atoms with Crippen molar-refractivity contribution in [1.82, 2.24) is 4.90 Å². The van der Waals surface area contributed by atoms with Crippen molar-refractivity contribution in [2.45, 2.75) is 31.1 Å². The highest BCUT2D eigenvalue weighted by atomic mass is 32.2. The molecule has 0 N–H and O–H groups in total. The summed E-state index contributed by atoms with van der Waals surface area (Å²) in [6.45, 7) is 3.61. The lowest BCUT2D eigenvalue weighted by Gasteiger charge is -2.26. The summed E-state index contributed by atoms with van der Waals surface area (Å²) in [5.41, 5.74) is 3.00. The average molecular weight is 359 g/mol. The molecular formula is C20H26N2O2S. The molecule has 0 radical (unpaired) electrons. The van der Waals surface area contributed by atoms with E-state index < -0.39 is 14.8 Å². The van der Waals surface area contributed by atoms with E-state index in [1.165, 1.54) is 9.87 Å². The summed E-state index contributed by atoms with van der Waals surface area (Å²) < 4.78 is 26.5. The standard InChI is InChI=1S/C20H26N2O2S/c1-20(14-9-15-21(2)16-17-10-5-4-6-11-17)18-12-7-8-13-19(18)22(3)25(20,23)24/h4-8,10-13H,9,14-16H2,1-3H3. The van der Waals surface area contributed by atoms with Crippen molar-refractivity contribution >= 4 is 15.7 Å². The van der Waals surface area contributed by atoms with E-state index in [0.29, 0.717) is 6.42 Å². The van der Waals surface area contributed by atoms with Crippen molar-refractivity contribution in [2.75, 3.05) is 24.9 Å². The number of nitrogens with zero attached hydrogens (tertiary/aromatic N) is 2. The molecule has 1 heterocycles. The minimum Gasteiger partial charge on any atom is -0.302 e. The summed E-state index contributed by atoms with van der Waals surface area (Å²) in [4.78, 5) is 2.25. The van der Waals surface area contributed by atoms with Gasteiger partial charge in [-0.25, -0.2) is 8.42 Å². The maximum absolute atomic E-state index is 13.0. The van der Waals surface area contributed by atoms with Gasteiger partial charge in [0.15, 0.2) is 0 Å². The van der Waals surface area contributed by atoms with Crippen LogP contribution in [0.1, 0.15) is 30.9 Å². The number of rotatable bonds is 6. The van der Waals surface area contributed by atoms with Crippen molar-refractivity contribution in [3.8, 4) is 0 Å². The SMILES string of the molecule is CN(CCCC1(C)c2ccccc2N(C)S1(=O)=O)Cc1ccccc1. The first kappa shape index (κ1) is 18.0. The van der Waals surface area contributed by atoms with E-state index in [-0.39, 0.29) is 0 Å². The molecular weight excluding hydrogens is 332 g/mol. The van der Waals surface area contributed by atoms with Gasteiger partial charge in [0.05, 0.1) is 5.69 Å². The zero-order valence-electron chi connectivity index (χ0n) is 15.1. The van der Waals surface area contributed by atoms with Crippen LogP contribution >= 0.6 is 0 Å². The molecule has 0 aromatic heterocycles. The number of anilines is 1. The quantitative estimate of drug-likeness (QED) is 0.792. The Bertz CT molecular complexity index is 836. The smallest absolute Gasteiger partial charge is 0.244 e. The van der Waals surface area contributed by atoms with Crippen LogP contribution < -0.4 is 4.31 Å². The first-order valence-electron chi connectivity index (χ1n) is 8.67. The van der Waals surface area contributed by atoms with Gasteiger partial charge < -0.3 is 4.90 Å². The van der Waals surface area contributed by atoms with Gasteiger partial charge in [-0.15, -0.1) is 0 Å². The molecule has 134 valence electrons. The van der Waals surface area contributed by atoms with E-state index >= 15 is 0 Å². The molecule has 5 heteroatoms. The van der Waals surface area contributed by atoms with Crippen molar-refractivity contribution in [3.05, 3.63) is 65.7 Å². The Balaban J connectivity index is 1.68. The van der Waals surface area contributed by atoms with Crippen LogP contribution in [0.3, 0.4) is 0 Å². The van der Waals surface area contributed by atoms with Crippen LogP contribution in [-0.2, 0) is 21.3 Å². The first-order valence-corrected chi connectivity index (χ1v) is 10.1. The molecule has 0 amide bonds. The molecule has 0 spiro atoms. The van der Waals surface area contributed by atoms with Crippen molar-refractivity contribution in [3.63, 3.8) is 0 Å². The molecule has 2 aromatic rings. The summed E-state index contributed by atoms with van der Waals surface area (Å²) in [5.74, 6) is 0. The van der Waals surface area contributed by atoms with E-state index in [1.54, 1.807) is 7.05 Å². The van der Waals surface area contributed by atoms with Gasteiger partial charge in [-0.3, -0.25) is 4.31 Å². The van der Waals surface area contributed by atoms with E-state index in [4.69, 9.17) is 0 Å². The normalized spacial score (nSPS) is 21.5. The predicted molar refractivity (Wildman–Crippen MR) is 103 cm³/mol. The van der Waals surface area contributed by atoms with Gasteiger partial charge in [-0.2, -0.15) is 0 Å². The molecule has 0 bridgehead atoms. The average Bonchev–Trinajstić information content (AvgIpc) is 2.75. The van der Waals surface area contributed by atoms with Gasteiger partial charge in [0.2, 0.25) is 10.0 Å². The lowest BCUT2D eigenvalue weighted by Crippen LogP contribution is -2.36. The maximum atomic E-state index is 13.0. The van der Waals surface area contributed by atoms with E-state index in [9.17, 15) is 8.42 Å². The molecule has 2 aromatic carbocycles. The van der Waals surface area contributed by atoms with Crippen LogP contribution in [0.2, 0.25) is 0 Å². The molecule has 0 aliphatic carbocycles. The van der Waals surface area contributed by atoms with Gasteiger partial charge in [-0.05, 0) is 50.6 Å².